The second-order valence-corrected chi connectivity index (χ2v) is 3.87. The van der Waals surface area contributed by atoms with Crippen molar-refractivity contribution >= 4 is 8.73 Å². The highest BCUT2D eigenvalue weighted by atomic mass is 31.1. The second kappa shape index (κ2) is 5.06. The van der Waals surface area contributed by atoms with E-state index in [1.807, 2.05) is 0 Å². The molecule has 1 saturated heterocycles. The molecular formula is C7H16NOP. The molecule has 60 valence electrons. The molecule has 10 heavy (non-hydrogen) atoms. The Kier molecular flexibility index (Phi) is 4.27. The molecule has 1 heterocycles. The van der Waals surface area contributed by atoms with E-state index in [1.165, 1.54) is 25.4 Å². The highest BCUT2D eigenvalue weighted by Gasteiger charge is 2.10. The third kappa shape index (κ3) is 2.96. The van der Waals surface area contributed by atoms with Gasteiger partial charge in [0.25, 0.3) is 0 Å². The number of rotatable bonds is 4. The minimum absolute atomic E-state index is 0.922. The Bertz CT molecular complexity index is 83.7. The largest absolute Gasteiger partial charge is 0.295 e. The Hall–Kier alpha value is 0.350. The van der Waals surface area contributed by atoms with Gasteiger partial charge in [-0.1, -0.05) is 19.8 Å². The summed E-state index contributed by atoms with van der Waals surface area (Å²) in [6.45, 7) is 4.32. The van der Waals surface area contributed by atoms with Gasteiger partial charge < -0.3 is 0 Å². The number of hydroxylamine groups is 1. The summed E-state index contributed by atoms with van der Waals surface area (Å²) in [5.74, 6) is 0. The number of unbranched alkanes of at least 4 members (excludes halogenated alkanes) is 2. The van der Waals surface area contributed by atoms with E-state index in [2.05, 4.69) is 11.8 Å². The van der Waals surface area contributed by atoms with Crippen molar-refractivity contribution in [3.05, 3.63) is 0 Å². The number of hydrogen-bond donors (Lipinski definition) is 0. The van der Waals surface area contributed by atoms with E-state index in [-0.39, 0.29) is 0 Å². The highest BCUT2D eigenvalue weighted by molar-refractivity contribution is 7.35. The van der Waals surface area contributed by atoms with Crippen LogP contribution in [0, 0.1) is 0 Å². The molecule has 0 N–H and O–H groups in total. The lowest BCUT2D eigenvalue weighted by Gasteiger charge is -2.11. The van der Waals surface area contributed by atoms with Crippen LogP contribution >= 0.6 is 8.73 Å². The van der Waals surface area contributed by atoms with Gasteiger partial charge in [-0.2, -0.15) is 4.83 Å². The van der Waals surface area contributed by atoms with Crippen LogP contribution in [0.2, 0.25) is 0 Å². The minimum Gasteiger partial charge on any atom is -0.295 e. The SMILES string of the molecule is CCCCCN1OCCP1. The molecule has 0 saturated carbocycles. The predicted molar refractivity (Wildman–Crippen MR) is 45.4 cm³/mol. The van der Waals surface area contributed by atoms with Crippen molar-refractivity contribution < 1.29 is 4.84 Å². The van der Waals surface area contributed by atoms with Gasteiger partial charge in [0, 0.05) is 12.7 Å². The van der Waals surface area contributed by atoms with Gasteiger partial charge >= 0.3 is 0 Å². The monoisotopic (exact) mass is 161 g/mol. The number of hydrogen-bond acceptors (Lipinski definition) is 2. The van der Waals surface area contributed by atoms with Crippen molar-refractivity contribution in [3.63, 3.8) is 0 Å². The molecule has 0 spiro atoms. The van der Waals surface area contributed by atoms with E-state index in [9.17, 15) is 0 Å². The first kappa shape index (κ1) is 8.45. The fourth-order valence-electron chi connectivity index (χ4n) is 1.02. The Morgan fingerprint density at radius 2 is 2.40 bits per heavy atom. The Morgan fingerprint density at radius 1 is 1.50 bits per heavy atom. The average molecular weight is 161 g/mol. The third-order valence-corrected chi connectivity index (χ3v) is 2.74. The lowest BCUT2D eigenvalue weighted by Crippen LogP contribution is -2.10. The van der Waals surface area contributed by atoms with Crippen molar-refractivity contribution in [2.75, 3.05) is 19.3 Å². The van der Waals surface area contributed by atoms with E-state index in [4.69, 9.17) is 4.84 Å². The van der Waals surface area contributed by atoms with Gasteiger partial charge in [0.1, 0.15) is 0 Å². The molecule has 0 aliphatic carbocycles. The highest BCUT2D eigenvalue weighted by Crippen LogP contribution is 2.24. The number of nitrogens with zero attached hydrogens (tertiary/aromatic N) is 1. The van der Waals surface area contributed by atoms with Crippen LogP contribution in [0.1, 0.15) is 26.2 Å². The van der Waals surface area contributed by atoms with Gasteiger partial charge in [-0.3, -0.25) is 4.84 Å². The third-order valence-electron chi connectivity index (χ3n) is 1.60. The quantitative estimate of drug-likeness (QED) is 0.462. The lowest BCUT2D eigenvalue weighted by molar-refractivity contribution is -0.0542. The molecule has 1 fully saturated rings. The molecule has 1 aliphatic rings. The van der Waals surface area contributed by atoms with Crippen LogP contribution in [0.5, 0.6) is 0 Å². The fourth-order valence-corrected chi connectivity index (χ4v) is 1.95. The van der Waals surface area contributed by atoms with Crippen LogP contribution in [0.4, 0.5) is 0 Å². The first-order chi connectivity index (χ1) is 4.93. The summed E-state index contributed by atoms with van der Waals surface area (Å²) in [7, 11) is 0.922. The van der Waals surface area contributed by atoms with Crippen LogP contribution in [0.25, 0.3) is 0 Å². The van der Waals surface area contributed by atoms with E-state index in [0.29, 0.717) is 0 Å². The summed E-state index contributed by atoms with van der Waals surface area (Å²) in [5, 5.41) is 0. The molecule has 2 nitrogen and oxygen atoms in total. The van der Waals surface area contributed by atoms with Gasteiger partial charge in [0.05, 0.1) is 6.61 Å². The molecule has 1 rings (SSSR count). The van der Waals surface area contributed by atoms with Crippen LogP contribution in [-0.4, -0.2) is 24.1 Å². The molecule has 0 amide bonds. The first-order valence-electron chi connectivity index (χ1n) is 4.07. The molecule has 1 atom stereocenters. The maximum atomic E-state index is 5.35. The molecule has 3 heteroatoms. The fraction of sp³-hybridized carbons (Fsp3) is 1.00. The summed E-state index contributed by atoms with van der Waals surface area (Å²) < 4.78 is 0. The van der Waals surface area contributed by atoms with Crippen LogP contribution in [-0.2, 0) is 4.84 Å². The Labute approximate surface area is 64.7 Å². The van der Waals surface area contributed by atoms with Gasteiger partial charge in [0.2, 0.25) is 0 Å². The summed E-state index contributed by atoms with van der Waals surface area (Å²) in [6.07, 6.45) is 5.18. The van der Waals surface area contributed by atoms with Crippen molar-refractivity contribution in [2.24, 2.45) is 0 Å². The summed E-state index contributed by atoms with van der Waals surface area (Å²) in [4.78, 5) is 7.47. The van der Waals surface area contributed by atoms with Gasteiger partial charge in [-0.05, 0) is 15.2 Å². The molecule has 0 aromatic heterocycles. The zero-order chi connectivity index (χ0) is 7.23. The van der Waals surface area contributed by atoms with Gasteiger partial charge in [-0.25, -0.2) is 0 Å². The average Bonchev–Trinajstić information content (AvgIpc) is 2.41. The Morgan fingerprint density at radius 3 is 3.00 bits per heavy atom. The minimum atomic E-state index is 0.922. The first-order valence-corrected chi connectivity index (χ1v) is 5.23. The molecule has 0 aromatic rings. The second-order valence-electron chi connectivity index (χ2n) is 2.55. The van der Waals surface area contributed by atoms with Crippen molar-refractivity contribution in [3.8, 4) is 0 Å². The normalized spacial score (nSPS) is 22.5. The molecule has 0 radical (unpaired) electrons. The smallest absolute Gasteiger partial charge is 0.0738 e. The Balaban J connectivity index is 1.91. The van der Waals surface area contributed by atoms with Crippen molar-refractivity contribution in [1.82, 2.24) is 4.83 Å². The predicted octanol–water partition coefficient (Wildman–Crippen LogP) is 2.02. The summed E-state index contributed by atoms with van der Waals surface area (Å²) >= 11 is 0. The van der Waals surface area contributed by atoms with Crippen molar-refractivity contribution in [1.29, 1.82) is 0 Å². The van der Waals surface area contributed by atoms with E-state index < -0.39 is 0 Å². The maximum Gasteiger partial charge on any atom is 0.0738 e. The molecular weight excluding hydrogens is 145 g/mol. The lowest BCUT2D eigenvalue weighted by atomic mass is 10.3. The van der Waals surface area contributed by atoms with E-state index >= 15 is 0 Å². The van der Waals surface area contributed by atoms with E-state index in [1.54, 1.807) is 0 Å². The summed E-state index contributed by atoms with van der Waals surface area (Å²) in [6, 6.07) is 0. The standard InChI is InChI=1S/C7H16NOP/c1-2-3-4-5-8-9-6-7-10-8/h10H,2-7H2,1H3. The zero-order valence-corrected chi connectivity index (χ0v) is 7.60. The topological polar surface area (TPSA) is 12.5 Å². The van der Waals surface area contributed by atoms with Crippen LogP contribution in [0.15, 0.2) is 0 Å². The van der Waals surface area contributed by atoms with Crippen molar-refractivity contribution in [2.45, 2.75) is 26.2 Å². The maximum absolute atomic E-state index is 5.35. The van der Waals surface area contributed by atoms with Gasteiger partial charge in [-0.15, -0.1) is 0 Å². The zero-order valence-electron chi connectivity index (χ0n) is 6.60. The molecule has 1 aliphatic heterocycles. The van der Waals surface area contributed by atoms with E-state index in [0.717, 1.165) is 21.9 Å². The van der Waals surface area contributed by atoms with Crippen LogP contribution < -0.4 is 0 Å². The molecule has 1 unspecified atom stereocenters. The molecule has 0 aromatic carbocycles. The van der Waals surface area contributed by atoms with Crippen LogP contribution in [0.3, 0.4) is 0 Å². The summed E-state index contributed by atoms with van der Waals surface area (Å²) in [5.41, 5.74) is 0. The molecule has 0 bridgehead atoms. The van der Waals surface area contributed by atoms with Gasteiger partial charge in [0.15, 0.2) is 0 Å².